The van der Waals surface area contributed by atoms with E-state index in [0.29, 0.717) is 18.6 Å². The summed E-state index contributed by atoms with van der Waals surface area (Å²) in [5.74, 6) is 1.06. The summed E-state index contributed by atoms with van der Waals surface area (Å²) in [5.41, 5.74) is 1.89. The van der Waals surface area contributed by atoms with Gasteiger partial charge in [-0.3, -0.25) is 4.79 Å². The smallest absolute Gasteiger partial charge is 0.222 e. The van der Waals surface area contributed by atoms with Crippen LogP contribution in [0.3, 0.4) is 0 Å². The van der Waals surface area contributed by atoms with Crippen molar-refractivity contribution in [3.05, 3.63) is 59.7 Å². The number of carbonyl (C=O) groups excluding carboxylic acids is 1. The van der Waals surface area contributed by atoms with Crippen LogP contribution in [0.1, 0.15) is 36.3 Å². The summed E-state index contributed by atoms with van der Waals surface area (Å²) >= 11 is 0. The lowest BCUT2D eigenvalue weighted by molar-refractivity contribution is -0.131. The van der Waals surface area contributed by atoms with E-state index in [4.69, 9.17) is 4.74 Å². The van der Waals surface area contributed by atoms with E-state index >= 15 is 0 Å². The molecule has 1 unspecified atom stereocenters. The highest BCUT2D eigenvalue weighted by atomic mass is 16.5. The number of ether oxygens (including phenoxy) is 1. The molecule has 0 aliphatic carbocycles. The van der Waals surface area contributed by atoms with Gasteiger partial charge in [-0.1, -0.05) is 30.3 Å². The lowest BCUT2D eigenvalue weighted by atomic mass is 9.86. The van der Waals surface area contributed by atoms with Crippen LogP contribution in [0, 0.1) is 0 Å². The summed E-state index contributed by atoms with van der Waals surface area (Å²) in [6.45, 7) is 3.39. The second kappa shape index (κ2) is 9.42. The summed E-state index contributed by atoms with van der Waals surface area (Å²) in [6, 6.07) is 15.3. The van der Waals surface area contributed by atoms with Gasteiger partial charge >= 0.3 is 0 Å². The van der Waals surface area contributed by atoms with Crippen molar-refractivity contribution in [1.29, 1.82) is 0 Å². The van der Waals surface area contributed by atoms with Gasteiger partial charge in [0, 0.05) is 37.5 Å². The van der Waals surface area contributed by atoms with E-state index in [1.165, 1.54) is 0 Å². The van der Waals surface area contributed by atoms with Gasteiger partial charge in [0.15, 0.2) is 0 Å². The Morgan fingerprint density at radius 3 is 2.78 bits per heavy atom. The molecule has 1 heterocycles. The van der Waals surface area contributed by atoms with E-state index in [1.54, 1.807) is 19.2 Å². The highest BCUT2D eigenvalue weighted by Gasteiger charge is 2.22. The average molecular weight is 368 g/mol. The summed E-state index contributed by atoms with van der Waals surface area (Å²) in [5, 5.41) is 13.8. The highest BCUT2D eigenvalue weighted by molar-refractivity contribution is 5.76. The van der Waals surface area contributed by atoms with E-state index in [2.05, 4.69) is 5.32 Å². The molecule has 0 spiro atoms. The van der Waals surface area contributed by atoms with Crippen molar-refractivity contribution in [3.8, 4) is 11.5 Å². The Hall–Kier alpha value is -2.53. The average Bonchev–Trinajstić information content (AvgIpc) is 2.99. The zero-order valence-corrected chi connectivity index (χ0v) is 15.9. The molecule has 0 bridgehead atoms. The minimum absolute atomic E-state index is 0.0599. The topological polar surface area (TPSA) is 61.8 Å². The third kappa shape index (κ3) is 5.01. The maximum Gasteiger partial charge on any atom is 0.222 e. The van der Waals surface area contributed by atoms with Crippen LogP contribution in [-0.2, 0) is 4.79 Å². The van der Waals surface area contributed by atoms with Crippen molar-refractivity contribution in [2.45, 2.75) is 25.2 Å². The molecule has 5 heteroatoms. The van der Waals surface area contributed by atoms with E-state index in [1.807, 2.05) is 41.3 Å². The number of aromatic hydroxyl groups is 1. The third-order valence-corrected chi connectivity index (χ3v) is 5.15. The Morgan fingerprint density at radius 2 is 2.00 bits per heavy atom. The van der Waals surface area contributed by atoms with Gasteiger partial charge in [-0.25, -0.2) is 0 Å². The van der Waals surface area contributed by atoms with Crippen LogP contribution in [0.4, 0.5) is 0 Å². The largest absolute Gasteiger partial charge is 0.508 e. The molecular formula is C22H28N2O3. The van der Waals surface area contributed by atoms with Crippen LogP contribution in [0.5, 0.6) is 11.5 Å². The number of phenolic OH excluding ortho intramolecular Hbond substituents is 1. The Bertz CT molecular complexity index is 740. The van der Waals surface area contributed by atoms with Crippen LogP contribution >= 0.6 is 0 Å². The second-order valence-electron chi connectivity index (χ2n) is 6.91. The van der Waals surface area contributed by atoms with Crippen LogP contribution in [0.25, 0.3) is 0 Å². The van der Waals surface area contributed by atoms with Gasteiger partial charge in [-0.05, 0) is 43.1 Å². The van der Waals surface area contributed by atoms with Gasteiger partial charge < -0.3 is 20.1 Å². The predicted molar refractivity (Wildman–Crippen MR) is 106 cm³/mol. The number of hydrogen-bond acceptors (Lipinski definition) is 4. The van der Waals surface area contributed by atoms with Crippen LogP contribution in [0.2, 0.25) is 0 Å². The van der Waals surface area contributed by atoms with Gasteiger partial charge in [-0.15, -0.1) is 0 Å². The molecule has 144 valence electrons. The number of rotatable bonds is 6. The molecule has 1 atom stereocenters. The minimum Gasteiger partial charge on any atom is -0.508 e. The SMILES string of the molecule is COc1ccc(O)c(C(CCC(=O)N2CCCNCC2)c2ccccc2)c1. The lowest BCUT2D eigenvalue weighted by Crippen LogP contribution is -2.34. The first kappa shape index (κ1) is 19.2. The number of carbonyl (C=O) groups is 1. The molecule has 27 heavy (non-hydrogen) atoms. The standard InChI is InChI=1S/C22H28N2O3/c1-27-18-8-10-21(25)20(16-18)19(17-6-3-2-4-7-17)9-11-22(26)24-14-5-12-23-13-15-24/h2-4,6-8,10,16,19,23,25H,5,9,11-15H2,1H3. The second-order valence-corrected chi connectivity index (χ2v) is 6.91. The van der Waals surface area contributed by atoms with Crippen LogP contribution in [0.15, 0.2) is 48.5 Å². The Balaban J connectivity index is 1.80. The molecule has 5 nitrogen and oxygen atoms in total. The number of hydrogen-bond donors (Lipinski definition) is 2. The van der Waals surface area contributed by atoms with Crippen molar-refractivity contribution in [1.82, 2.24) is 10.2 Å². The summed E-state index contributed by atoms with van der Waals surface area (Å²) in [6.07, 6.45) is 2.09. The number of amides is 1. The predicted octanol–water partition coefficient (Wildman–Crippen LogP) is 3.13. The molecule has 0 saturated carbocycles. The number of benzene rings is 2. The number of methoxy groups -OCH3 is 1. The first-order chi connectivity index (χ1) is 13.2. The van der Waals surface area contributed by atoms with Crippen LogP contribution in [-0.4, -0.2) is 49.2 Å². The molecule has 0 radical (unpaired) electrons. The molecule has 0 aromatic heterocycles. The summed E-state index contributed by atoms with van der Waals surface area (Å²) in [4.78, 5) is 14.7. The molecule has 2 N–H and O–H groups in total. The Kier molecular flexibility index (Phi) is 6.71. The summed E-state index contributed by atoms with van der Waals surface area (Å²) < 4.78 is 5.34. The summed E-state index contributed by atoms with van der Waals surface area (Å²) in [7, 11) is 1.62. The molecule has 2 aromatic carbocycles. The van der Waals surface area contributed by atoms with Crippen molar-refractivity contribution in [2.24, 2.45) is 0 Å². The molecular weight excluding hydrogens is 340 g/mol. The molecule has 1 fully saturated rings. The van der Waals surface area contributed by atoms with E-state index in [-0.39, 0.29) is 17.6 Å². The quantitative estimate of drug-likeness (QED) is 0.822. The Labute approximate surface area is 161 Å². The van der Waals surface area contributed by atoms with Crippen molar-refractivity contribution in [2.75, 3.05) is 33.3 Å². The molecule has 1 saturated heterocycles. The van der Waals surface area contributed by atoms with Gasteiger partial charge in [0.05, 0.1) is 7.11 Å². The molecule has 1 aliphatic heterocycles. The van der Waals surface area contributed by atoms with E-state index in [0.717, 1.165) is 43.7 Å². The Morgan fingerprint density at radius 1 is 1.19 bits per heavy atom. The van der Waals surface area contributed by atoms with Gasteiger partial charge in [0.25, 0.3) is 0 Å². The number of nitrogens with one attached hydrogen (secondary N) is 1. The van der Waals surface area contributed by atoms with Crippen molar-refractivity contribution < 1.29 is 14.6 Å². The zero-order chi connectivity index (χ0) is 19.1. The van der Waals surface area contributed by atoms with Crippen molar-refractivity contribution in [3.63, 3.8) is 0 Å². The first-order valence-corrected chi connectivity index (χ1v) is 9.59. The normalized spacial score (nSPS) is 15.8. The minimum atomic E-state index is -0.0599. The molecule has 3 rings (SSSR count). The van der Waals surface area contributed by atoms with E-state index in [9.17, 15) is 9.90 Å². The fourth-order valence-corrected chi connectivity index (χ4v) is 3.65. The third-order valence-electron chi connectivity index (χ3n) is 5.15. The highest BCUT2D eigenvalue weighted by Crippen LogP contribution is 2.37. The molecule has 1 amide bonds. The monoisotopic (exact) mass is 368 g/mol. The fourth-order valence-electron chi connectivity index (χ4n) is 3.65. The molecule has 2 aromatic rings. The van der Waals surface area contributed by atoms with Crippen molar-refractivity contribution >= 4 is 5.91 Å². The maximum atomic E-state index is 12.7. The van der Waals surface area contributed by atoms with Gasteiger partial charge in [0.2, 0.25) is 5.91 Å². The maximum absolute atomic E-state index is 12.7. The van der Waals surface area contributed by atoms with Gasteiger partial charge in [0.1, 0.15) is 11.5 Å². The fraction of sp³-hybridized carbons (Fsp3) is 0.409. The zero-order valence-electron chi connectivity index (χ0n) is 15.9. The lowest BCUT2D eigenvalue weighted by Gasteiger charge is -2.23. The number of nitrogens with zero attached hydrogens (tertiary/aromatic N) is 1. The number of phenols is 1. The van der Waals surface area contributed by atoms with E-state index < -0.39 is 0 Å². The molecule has 1 aliphatic rings. The van der Waals surface area contributed by atoms with Gasteiger partial charge in [-0.2, -0.15) is 0 Å². The van der Waals surface area contributed by atoms with Crippen LogP contribution < -0.4 is 10.1 Å². The first-order valence-electron chi connectivity index (χ1n) is 9.59.